The Morgan fingerprint density at radius 2 is 2.00 bits per heavy atom. The Morgan fingerprint density at radius 1 is 1.27 bits per heavy atom. The molecule has 0 amide bonds. The number of nitrogens with zero attached hydrogens (tertiary/aromatic N) is 1. The molecule has 4 heteroatoms. The van der Waals surface area contributed by atoms with Crippen LogP contribution in [0.1, 0.15) is 16.5 Å². The SMILES string of the molecule is NC(Cc1ccc(Cl)s1)c1ccncc1. The summed E-state index contributed by atoms with van der Waals surface area (Å²) in [6, 6.07) is 7.83. The molecule has 2 aromatic heterocycles. The molecule has 2 N–H and O–H groups in total. The van der Waals surface area contributed by atoms with E-state index < -0.39 is 0 Å². The van der Waals surface area contributed by atoms with Gasteiger partial charge < -0.3 is 5.73 Å². The Balaban J connectivity index is 2.07. The van der Waals surface area contributed by atoms with Crippen LogP contribution in [-0.4, -0.2) is 4.98 Å². The van der Waals surface area contributed by atoms with E-state index in [0.717, 1.165) is 16.3 Å². The van der Waals surface area contributed by atoms with Crippen LogP contribution in [0.2, 0.25) is 4.34 Å². The molecule has 0 aliphatic heterocycles. The normalized spacial score (nSPS) is 12.7. The third kappa shape index (κ3) is 2.78. The Morgan fingerprint density at radius 3 is 2.60 bits per heavy atom. The highest BCUT2D eigenvalue weighted by Crippen LogP contribution is 2.25. The summed E-state index contributed by atoms with van der Waals surface area (Å²) in [6.45, 7) is 0. The Hall–Kier alpha value is -0.900. The van der Waals surface area contributed by atoms with E-state index >= 15 is 0 Å². The van der Waals surface area contributed by atoms with Crippen molar-refractivity contribution in [1.29, 1.82) is 0 Å². The molecule has 2 nitrogen and oxygen atoms in total. The highest BCUT2D eigenvalue weighted by Gasteiger charge is 2.08. The molecule has 1 unspecified atom stereocenters. The standard InChI is InChI=1S/C11H11ClN2S/c12-11-2-1-9(15-11)7-10(13)8-3-5-14-6-4-8/h1-6,10H,7,13H2. The Bertz CT molecular complexity index is 427. The van der Waals surface area contributed by atoms with E-state index in [1.165, 1.54) is 4.88 Å². The maximum absolute atomic E-state index is 6.07. The number of hydrogen-bond acceptors (Lipinski definition) is 3. The number of rotatable bonds is 3. The first-order chi connectivity index (χ1) is 7.25. The lowest BCUT2D eigenvalue weighted by atomic mass is 10.1. The fourth-order valence-electron chi connectivity index (χ4n) is 1.41. The average molecular weight is 239 g/mol. The second-order valence-corrected chi connectivity index (χ2v) is 5.10. The minimum absolute atomic E-state index is 0.0164. The van der Waals surface area contributed by atoms with Crippen LogP contribution >= 0.6 is 22.9 Å². The van der Waals surface area contributed by atoms with Gasteiger partial charge in [0.15, 0.2) is 0 Å². The van der Waals surface area contributed by atoms with Crippen LogP contribution < -0.4 is 5.73 Å². The molecular weight excluding hydrogens is 228 g/mol. The summed E-state index contributed by atoms with van der Waals surface area (Å²) in [5.74, 6) is 0. The Labute approximate surface area is 97.7 Å². The molecule has 0 saturated heterocycles. The van der Waals surface area contributed by atoms with Crippen molar-refractivity contribution in [3.05, 3.63) is 51.4 Å². The van der Waals surface area contributed by atoms with Crippen LogP contribution in [-0.2, 0) is 6.42 Å². The lowest BCUT2D eigenvalue weighted by Crippen LogP contribution is -2.12. The molecule has 78 valence electrons. The van der Waals surface area contributed by atoms with Gasteiger partial charge in [-0.25, -0.2) is 0 Å². The molecule has 0 aliphatic carbocycles. The summed E-state index contributed by atoms with van der Waals surface area (Å²) >= 11 is 7.44. The number of nitrogens with two attached hydrogens (primary N) is 1. The Kier molecular flexibility index (Phi) is 3.36. The van der Waals surface area contributed by atoms with Crippen LogP contribution in [0, 0.1) is 0 Å². The van der Waals surface area contributed by atoms with E-state index in [2.05, 4.69) is 4.98 Å². The third-order valence-electron chi connectivity index (χ3n) is 2.18. The zero-order valence-electron chi connectivity index (χ0n) is 8.06. The minimum atomic E-state index is 0.0164. The highest BCUT2D eigenvalue weighted by atomic mass is 35.5. The van der Waals surface area contributed by atoms with Crippen molar-refractivity contribution < 1.29 is 0 Å². The second kappa shape index (κ2) is 4.75. The second-order valence-electron chi connectivity index (χ2n) is 3.30. The predicted molar refractivity (Wildman–Crippen MR) is 64.2 cm³/mol. The van der Waals surface area contributed by atoms with Crippen molar-refractivity contribution in [1.82, 2.24) is 4.98 Å². The largest absolute Gasteiger partial charge is 0.324 e. The zero-order chi connectivity index (χ0) is 10.7. The maximum atomic E-state index is 6.07. The first-order valence-electron chi connectivity index (χ1n) is 4.65. The molecule has 2 rings (SSSR count). The first-order valence-corrected chi connectivity index (χ1v) is 5.85. The first kappa shape index (κ1) is 10.6. The molecule has 0 bridgehead atoms. The van der Waals surface area contributed by atoms with Crippen molar-refractivity contribution in [3.8, 4) is 0 Å². The lowest BCUT2D eigenvalue weighted by molar-refractivity contribution is 0.728. The van der Waals surface area contributed by atoms with E-state index in [1.54, 1.807) is 23.7 Å². The van der Waals surface area contributed by atoms with Gasteiger partial charge in [0.2, 0.25) is 0 Å². The smallest absolute Gasteiger partial charge is 0.0931 e. The maximum Gasteiger partial charge on any atom is 0.0931 e. The fraction of sp³-hybridized carbons (Fsp3) is 0.182. The molecule has 1 atom stereocenters. The summed E-state index contributed by atoms with van der Waals surface area (Å²) in [4.78, 5) is 5.18. The van der Waals surface area contributed by atoms with Gasteiger partial charge in [0.25, 0.3) is 0 Å². The minimum Gasteiger partial charge on any atom is -0.324 e. The van der Waals surface area contributed by atoms with Crippen LogP contribution in [0.4, 0.5) is 0 Å². The monoisotopic (exact) mass is 238 g/mol. The molecule has 2 aromatic rings. The summed E-state index contributed by atoms with van der Waals surface area (Å²) in [5.41, 5.74) is 7.18. The van der Waals surface area contributed by atoms with Gasteiger partial charge in [-0.2, -0.15) is 0 Å². The fourth-order valence-corrected chi connectivity index (χ4v) is 2.55. The van der Waals surface area contributed by atoms with Gasteiger partial charge in [-0.3, -0.25) is 4.98 Å². The summed E-state index contributed by atoms with van der Waals surface area (Å²) < 4.78 is 0.812. The molecule has 0 fully saturated rings. The van der Waals surface area contributed by atoms with E-state index in [-0.39, 0.29) is 6.04 Å². The van der Waals surface area contributed by atoms with Crippen molar-refractivity contribution >= 4 is 22.9 Å². The van der Waals surface area contributed by atoms with E-state index in [4.69, 9.17) is 17.3 Å². The summed E-state index contributed by atoms with van der Waals surface area (Å²) in [7, 11) is 0. The van der Waals surface area contributed by atoms with Crippen molar-refractivity contribution in [2.75, 3.05) is 0 Å². The van der Waals surface area contributed by atoms with E-state index in [9.17, 15) is 0 Å². The van der Waals surface area contributed by atoms with Crippen LogP contribution in [0.25, 0.3) is 0 Å². The van der Waals surface area contributed by atoms with Gasteiger partial charge in [-0.05, 0) is 29.8 Å². The van der Waals surface area contributed by atoms with Gasteiger partial charge in [-0.15, -0.1) is 11.3 Å². The topological polar surface area (TPSA) is 38.9 Å². The van der Waals surface area contributed by atoms with Crippen molar-refractivity contribution in [2.45, 2.75) is 12.5 Å². The van der Waals surface area contributed by atoms with Gasteiger partial charge in [0.1, 0.15) is 0 Å². The highest BCUT2D eigenvalue weighted by molar-refractivity contribution is 7.16. The summed E-state index contributed by atoms with van der Waals surface area (Å²) in [5, 5.41) is 0. The molecular formula is C11H11ClN2S. The van der Waals surface area contributed by atoms with Crippen LogP contribution in [0.15, 0.2) is 36.7 Å². The van der Waals surface area contributed by atoms with E-state index in [1.807, 2.05) is 24.3 Å². The molecule has 0 radical (unpaired) electrons. The number of aromatic nitrogens is 1. The predicted octanol–water partition coefficient (Wildman–Crippen LogP) is 3.04. The number of pyridine rings is 1. The molecule has 0 saturated carbocycles. The lowest BCUT2D eigenvalue weighted by Gasteiger charge is -2.09. The van der Waals surface area contributed by atoms with Crippen molar-refractivity contribution in [3.63, 3.8) is 0 Å². The van der Waals surface area contributed by atoms with Gasteiger partial charge >= 0.3 is 0 Å². The number of halogens is 1. The number of thiophene rings is 1. The molecule has 0 spiro atoms. The zero-order valence-corrected chi connectivity index (χ0v) is 9.63. The average Bonchev–Trinajstić information content (AvgIpc) is 2.65. The third-order valence-corrected chi connectivity index (χ3v) is 3.44. The van der Waals surface area contributed by atoms with Crippen molar-refractivity contribution in [2.24, 2.45) is 5.73 Å². The van der Waals surface area contributed by atoms with Crippen LogP contribution in [0.5, 0.6) is 0 Å². The molecule has 15 heavy (non-hydrogen) atoms. The number of hydrogen-bond donors (Lipinski definition) is 1. The van der Waals surface area contributed by atoms with E-state index in [0.29, 0.717) is 0 Å². The molecule has 0 aliphatic rings. The molecule has 0 aromatic carbocycles. The summed E-state index contributed by atoms with van der Waals surface area (Å²) in [6.07, 6.45) is 4.34. The molecule has 2 heterocycles. The van der Waals surface area contributed by atoms with Gasteiger partial charge in [0, 0.05) is 29.7 Å². The quantitative estimate of drug-likeness (QED) is 0.893. The van der Waals surface area contributed by atoms with Gasteiger partial charge in [0.05, 0.1) is 4.34 Å². The van der Waals surface area contributed by atoms with Gasteiger partial charge in [-0.1, -0.05) is 11.6 Å². The van der Waals surface area contributed by atoms with Crippen LogP contribution in [0.3, 0.4) is 0 Å².